The molecular weight excluding hydrogens is 233 g/mol. The molecule has 0 fully saturated rings. The molecule has 2 aromatic carbocycles. The van der Waals surface area contributed by atoms with Crippen LogP contribution in [-0.4, -0.2) is 13.2 Å². The van der Waals surface area contributed by atoms with Crippen molar-refractivity contribution >= 4 is 11.4 Å². The molecule has 0 bridgehead atoms. The molecule has 1 N–H and O–H groups in total. The smallest absolute Gasteiger partial charge is 0.185 e. The molecule has 0 aromatic heterocycles. The summed E-state index contributed by atoms with van der Waals surface area (Å²) in [4.78, 5) is 0. The van der Waals surface area contributed by atoms with Gasteiger partial charge in [0.15, 0.2) is 11.5 Å². The van der Waals surface area contributed by atoms with Crippen molar-refractivity contribution in [2.75, 3.05) is 18.5 Å². The van der Waals surface area contributed by atoms with E-state index >= 15 is 0 Å². The Hall–Kier alpha value is -2.23. The van der Waals surface area contributed by atoms with Crippen molar-refractivity contribution in [3.05, 3.63) is 48.3 Å². The number of hydrogen-bond donors (Lipinski definition) is 1. The van der Waals surface area contributed by atoms with Gasteiger partial charge in [-0.1, -0.05) is 0 Å². The van der Waals surface area contributed by atoms with Gasteiger partial charge in [0.1, 0.15) is 19.0 Å². The largest absolute Gasteiger partial charge is 0.486 e. The van der Waals surface area contributed by atoms with Crippen LogP contribution >= 0.6 is 0 Å². The minimum Gasteiger partial charge on any atom is -0.486 e. The van der Waals surface area contributed by atoms with Gasteiger partial charge in [0.05, 0.1) is 5.69 Å². The quantitative estimate of drug-likeness (QED) is 0.880. The van der Waals surface area contributed by atoms with Crippen LogP contribution in [-0.2, 0) is 0 Å². The molecule has 0 saturated carbocycles. The summed E-state index contributed by atoms with van der Waals surface area (Å²) in [6.07, 6.45) is 0. The van der Waals surface area contributed by atoms with E-state index < -0.39 is 0 Å². The predicted octanol–water partition coefficient (Wildman–Crippen LogP) is 3.14. The summed E-state index contributed by atoms with van der Waals surface area (Å²) >= 11 is 0. The Morgan fingerprint density at radius 1 is 1.06 bits per heavy atom. The van der Waals surface area contributed by atoms with E-state index in [1.807, 2.05) is 6.07 Å². The predicted molar refractivity (Wildman–Crippen MR) is 66.0 cm³/mol. The van der Waals surface area contributed by atoms with Crippen molar-refractivity contribution < 1.29 is 13.9 Å². The second-order valence-corrected chi connectivity index (χ2v) is 3.87. The zero-order valence-electron chi connectivity index (χ0n) is 9.57. The highest BCUT2D eigenvalue weighted by atomic mass is 19.1. The SMILES string of the molecule is Fc1ccc(Nc2[c]ccc3c2OCCO3)cc1. The van der Waals surface area contributed by atoms with E-state index in [-0.39, 0.29) is 5.82 Å². The number of anilines is 2. The number of benzene rings is 2. The van der Waals surface area contributed by atoms with E-state index in [2.05, 4.69) is 11.4 Å². The van der Waals surface area contributed by atoms with Crippen molar-refractivity contribution in [2.45, 2.75) is 0 Å². The van der Waals surface area contributed by atoms with Crippen LogP contribution in [0.25, 0.3) is 0 Å². The molecule has 0 amide bonds. The van der Waals surface area contributed by atoms with Gasteiger partial charge >= 0.3 is 0 Å². The topological polar surface area (TPSA) is 30.5 Å². The lowest BCUT2D eigenvalue weighted by Crippen LogP contribution is -2.16. The average molecular weight is 244 g/mol. The Balaban J connectivity index is 1.90. The van der Waals surface area contributed by atoms with Crippen molar-refractivity contribution in [2.24, 2.45) is 0 Å². The summed E-state index contributed by atoms with van der Waals surface area (Å²) in [5.74, 6) is 1.08. The summed E-state index contributed by atoms with van der Waals surface area (Å²) < 4.78 is 23.9. The molecule has 0 spiro atoms. The third-order valence-electron chi connectivity index (χ3n) is 2.61. The summed E-state index contributed by atoms with van der Waals surface area (Å²) in [7, 11) is 0. The van der Waals surface area contributed by atoms with Crippen LogP contribution in [0.15, 0.2) is 36.4 Å². The normalized spacial score (nSPS) is 13.2. The van der Waals surface area contributed by atoms with Gasteiger partial charge in [0, 0.05) is 11.8 Å². The summed E-state index contributed by atoms with van der Waals surface area (Å²) in [5.41, 5.74) is 1.47. The van der Waals surface area contributed by atoms with Crippen molar-refractivity contribution in [3.63, 3.8) is 0 Å². The van der Waals surface area contributed by atoms with E-state index in [0.717, 1.165) is 5.69 Å². The average Bonchev–Trinajstić information content (AvgIpc) is 2.42. The van der Waals surface area contributed by atoms with Crippen molar-refractivity contribution in [3.8, 4) is 11.5 Å². The second-order valence-electron chi connectivity index (χ2n) is 3.87. The summed E-state index contributed by atoms with van der Waals surface area (Å²) in [6.45, 7) is 1.07. The first-order valence-electron chi connectivity index (χ1n) is 5.66. The lowest BCUT2D eigenvalue weighted by molar-refractivity contribution is 0.172. The first-order valence-corrected chi connectivity index (χ1v) is 5.66. The molecule has 2 aromatic rings. The van der Waals surface area contributed by atoms with Gasteiger partial charge in [0.2, 0.25) is 0 Å². The van der Waals surface area contributed by atoms with Gasteiger partial charge in [-0.15, -0.1) is 0 Å². The molecule has 18 heavy (non-hydrogen) atoms. The molecular formula is C14H11FNO2. The molecule has 3 rings (SSSR count). The highest BCUT2D eigenvalue weighted by Gasteiger charge is 2.15. The molecule has 1 heterocycles. The van der Waals surface area contributed by atoms with Gasteiger partial charge in [-0.25, -0.2) is 4.39 Å². The number of fused-ring (bicyclic) bond motifs is 1. The van der Waals surface area contributed by atoms with E-state index in [4.69, 9.17) is 9.47 Å². The number of hydrogen-bond acceptors (Lipinski definition) is 3. The van der Waals surface area contributed by atoms with Crippen molar-refractivity contribution in [1.29, 1.82) is 0 Å². The maximum absolute atomic E-state index is 12.8. The summed E-state index contributed by atoms with van der Waals surface area (Å²) in [5, 5.41) is 3.13. The monoisotopic (exact) mass is 244 g/mol. The van der Waals surface area contributed by atoms with Crippen LogP contribution in [0.5, 0.6) is 11.5 Å². The minimum atomic E-state index is -0.265. The molecule has 1 aliphatic rings. The Morgan fingerprint density at radius 2 is 1.83 bits per heavy atom. The maximum Gasteiger partial charge on any atom is 0.185 e. The minimum absolute atomic E-state index is 0.265. The molecule has 4 heteroatoms. The van der Waals surface area contributed by atoms with Crippen LogP contribution in [0.2, 0.25) is 0 Å². The third kappa shape index (κ3) is 2.09. The third-order valence-corrected chi connectivity index (χ3v) is 2.61. The fourth-order valence-electron chi connectivity index (χ4n) is 1.79. The number of ether oxygens (including phenoxy) is 2. The van der Waals surface area contributed by atoms with Crippen molar-refractivity contribution in [1.82, 2.24) is 0 Å². The molecule has 1 aliphatic heterocycles. The molecule has 0 saturated heterocycles. The van der Waals surface area contributed by atoms with Crippen LogP contribution in [0.1, 0.15) is 0 Å². The summed E-state index contributed by atoms with van der Waals surface area (Å²) in [6, 6.07) is 12.7. The van der Waals surface area contributed by atoms with E-state index in [1.54, 1.807) is 18.2 Å². The zero-order chi connectivity index (χ0) is 12.4. The number of halogens is 1. The lowest BCUT2D eigenvalue weighted by Gasteiger charge is -2.21. The molecule has 1 radical (unpaired) electrons. The van der Waals surface area contributed by atoms with E-state index in [9.17, 15) is 4.39 Å². The Kier molecular flexibility index (Phi) is 2.76. The maximum atomic E-state index is 12.8. The first kappa shape index (κ1) is 10.9. The molecule has 91 valence electrons. The van der Waals surface area contributed by atoms with Gasteiger partial charge in [-0.2, -0.15) is 0 Å². The van der Waals surface area contributed by atoms with Crippen LogP contribution in [0.3, 0.4) is 0 Å². The van der Waals surface area contributed by atoms with Crippen LogP contribution in [0.4, 0.5) is 15.8 Å². The standard InChI is InChI=1S/C14H11FNO2/c15-10-4-6-11(7-5-10)16-12-2-1-3-13-14(12)18-9-8-17-13/h1,3-7,16H,8-9H2. The Labute approximate surface area is 104 Å². The molecule has 0 aliphatic carbocycles. The zero-order valence-corrected chi connectivity index (χ0v) is 9.57. The molecule has 0 unspecified atom stereocenters. The van der Waals surface area contributed by atoms with Crippen LogP contribution in [0, 0.1) is 11.9 Å². The van der Waals surface area contributed by atoms with Gasteiger partial charge in [0.25, 0.3) is 0 Å². The fourth-order valence-corrected chi connectivity index (χ4v) is 1.79. The van der Waals surface area contributed by atoms with Gasteiger partial charge in [-0.3, -0.25) is 0 Å². The first-order chi connectivity index (χ1) is 8.83. The Morgan fingerprint density at radius 3 is 2.67 bits per heavy atom. The van der Waals surface area contributed by atoms with Gasteiger partial charge < -0.3 is 14.8 Å². The highest BCUT2D eigenvalue weighted by Crippen LogP contribution is 2.38. The second kappa shape index (κ2) is 4.56. The Bertz CT molecular complexity index is 554. The fraction of sp³-hybridized carbons (Fsp3) is 0.143. The number of nitrogens with one attached hydrogen (secondary N) is 1. The molecule has 0 atom stereocenters. The highest BCUT2D eigenvalue weighted by molar-refractivity contribution is 5.69. The molecule has 3 nitrogen and oxygen atoms in total. The lowest BCUT2D eigenvalue weighted by atomic mass is 10.2. The van der Waals surface area contributed by atoms with E-state index in [0.29, 0.717) is 30.4 Å². The van der Waals surface area contributed by atoms with Gasteiger partial charge in [-0.05, 0) is 36.4 Å². The van der Waals surface area contributed by atoms with Crippen LogP contribution < -0.4 is 14.8 Å². The van der Waals surface area contributed by atoms with E-state index in [1.165, 1.54) is 12.1 Å². The number of rotatable bonds is 2.